The molecule has 1 aromatic heterocycles. The summed E-state index contributed by atoms with van der Waals surface area (Å²) in [7, 11) is -3.70. The number of carbonyl (C=O) groups excluding carboxylic acids is 1. The molecule has 0 saturated carbocycles. The third-order valence-electron chi connectivity index (χ3n) is 6.22. The minimum atomic E-state index is -3.70. The van der Waals surface area contributed by atoms with Gasteiger partial charge in [-0.25, -0.2) is 13.4 Å². The van der Waals surface area contributed by atoms with Gasteiger partial charge in [0.1, 0.15) is 5.82 Å². The quantitative estimate of drug-likeness (QED) is 0.667. The number of imidazole rings is 1. The first-order valence-corrected chi connectivity index (χ1v) is 12.2. The van der Waals surface area contributed by atoms with Crippen LogP contribution in [-0.4, -0.2) is 34.7 Å². The molecular formula is C23H26N4O3S. The number of hydrogen-bond donors (Lipinski definition) is 1. The van der Waals surface area contributed by atoms with Crippen LogP contribution in [0.4, 0.5) is 5.69 Å². The van der Waals surface area contributed by atoms with Crippen LogP contribution in [-0.2, 0) is 21.2 Å². The molecule has 7 nitrogen and oxygen atoms in total. The van der Waals surface area contributed by atoms with Crippen molar-refractivity contribution in [3.05, 3.63) is 53.9 Å². The second kappa shape index (κ2) is 7.46. The predicted molar refractivity (Wildman–Crippen MR) is 119 cm³/mol. The average Bonchev–Trinajstić information content (AvgIpc) is 3.38. The molecule has 3 aromatic rings. The highest BCUT2D eigenvalue weighted by molar-refractivity contribution is 7.89. The molecule has 0 bridgehead atoms. The Morgan fingerprint density at radius 2 is 1.94 bits per heavy atom. The smallest absolute Gasteiger partial charge is 0.243 e. The van der Waals surface area contributed by atoms with E-state index in [4.69, 9.17) is 4.98 Å². The minimum Gasteiger partial charge on any atom is -0.326 e. The molecule has 0 aliphatic carbocycles. The molecule has 1 unspecified atom stereocenters. The lowest BCUT2D eigenvalue weighted by molar-refractivity contribution is -0.116. The molecule has 0 radical (unpaired) electrons. The Balaban J connectivity index is 1.56. The number of nitrogens with zero attached hydrogens (tertiary/aromatic N) is 3. The summed E-state index contributed by atoms with van der Waals surface area (Å²) in [6.45, 7) is 4.68. The Bertz CT molecular complexity index is 1280. The zero-order valence-electron chi connectivity index (χ0n) is 17.7. The van der Waals surface area contributed by atoms with E-state index in [2.05, 4.69) is 23.7 Å². The summed E-state index contributed by atoms with van der Waals surface area (Å²) in [6, 6.07) is 12.8. The molecule has 2 aliphatic heterocycles. The SMILES string of the molecule is CC(C)n1c(C2CCCN2S(=O)(=O)c2ccc3c(c2)CCC(=O)N3)nc2ccccc21. The van der Waals surface area contributed by atoms with Crippen molar-refractivity contribution in [3.8, 4) is 0 Å². The normalized spacial score (nSPS) is 19.7. The predicted octanol–water partition coefficient (Wildman–Crippen LogP) is 4.03. The van der Waals surface area contributed by atoms with Crippen LogP contribution in [0.5, 0.6) is 0 Å². The van der Waals surface area contributed by atoms with E-state index in [1.165, 1.54) is 0 Å². The number of fused-ring (bicyclic) bond motifs is 2. The summed E-state index contributed by atoms with van der Waals surface area (Å²) in [4.78, 5) is 16.8. The summed E-state index contributed by atoms with van der Waals surface area (Å²) in [5.74, 6) is 0.776. The molecule has 1 amide bonds. The molecule has 1 saturated heterocycles. The number of para-hydroxylation sites is 2. The summed E-state index contributed by atoms with van der Waals surface area (Å²) >= 11 is 0. The van der Waals surface area contributed by atoms with Crippen LogP contribution in [0.15, 0.2) is 47.4 Å². The maximum atomic E-state index is 13.7. The van der Waals surface area contributed by atoms with Gasteiger partial charge >= 0.3 is 0 Å². The number of anilines is 1. The zero-order valence-corrected chi connectivity index (χ0v) is 18.5. The van der Waals surface area contributed by atoms with Crippen LogP contribution in [0.3, 0.4) is 0 Å². The van der Waals surface area contributed by atoms with Crippen molar-refractivity contribution < 1.29 is 13.2 Å². The van der Waals surface area contributed by atoms with Gasteiger partial charge in [0.2, 0.25) is 15.9 Å². The van der Waals surface area contributed by atoms with Gasteiger partial charge in [0.25, 0.3) is 0 Å². The molecular weight excluding hydrogens is 412 g/mol. The van der Waals surface area contributed by atoms with Crippen molar-refractivity contribution in [3.63, 3.8) is 0 Å². The van der Waals surface area contributed by atoms with Crippen LogP contribution in [0.2, 0.25) is 0 Å². The van der Waals surface area contributed by atoms with E-state index in [0.29, 0.717) is 25.1 Å². The molecule has 1 atom stereocenters. The number of aryl methyl sites for hydroxylation is 1. The van der Waals surface area contributed by atoms with Gasteiger partial charge in [0.15, 0.2) is 0 Å². The van der Waals surface area contributed by atoms with E-state index in [9.17, 15) is 13.2 Å². The summed E-state index contributed by atoms with van der Waals surface area (Å²) < 4.78 is 31.1. The maximum Gasteiger partial charge on any atom is 0.243 e. The third kappa shape index (κ3) is 3.34. The second-order valence-corrected chi connectivity index (χ2v) is 10.5. The number of nitrogens with one attached hydrogen (secondary N) is 1. The van der Waals surface area contributed by atoms with Crippen molar-refractivity contribution >= 4 is 32.7 Å². The van der Waals surface area contributed by atoms with Crippen molar-refractivity contribution in [1.29, 1.82) is 0 Å². The van der Waals surface area contributed by atoms with Crippen LogP contribution < -0.4 is 5.32 Å². The molecule has 162 valence electrons. The molecule has 2 aromatic carbocycles. The first-order chi connectivity index (χ1) is 14.9. The Morgan fingerprint density at radius 3 is 2.74 bits per heavy atom. The maximum absolute atomic E-state index is 13.7. The van der Waals surface area contributed by atoms with Crippen LogP contribution >= 0.6 is 0 Å². The highest BCUT2D eigenvalue weighted by Crippen LogP contribution is 2.39. The monoisotopic (exact) mass is 438 g/mol. The first kappa shape index (κ1) is 20.2. The van der Waals surface area contributed by atoms with Gasteiger partial charge in [0, 0.05) is 24.7 Å². The van der Waals surface area contributed by atoms with E-state index in [-0.39, 0.29) is 22.9 Å². The van der Waals surface area contributed by atoms with Gasteiger partial charge < -0.3 is 9.88 Å². The molecule has 2 aliphatic rings. The van der Waals surface area contributed by atoms with Crippen LogP contribution in [0.1, 0.15) is 56.6 Å². The van der Waals surface area contributed by atoms with Crippen LogP contribution in [0.25, 0.3) is 11.0 Å². The number of rotatable bonds is 4. The zero-order chi connectivity index (χ0) is 21.8. The second-order valence-electron chi connectivity index (χ2n) is 8.56. The van der Waals surface area contributed by atoms with Gasteiger partial charge in [-0.3, -0.25) is 4.79 Å². The van der Waals surface area contributed by atoms with Crippen molar-refractivity contribution in [2.45, 2.75) is 56.5 Å². The Hall–Kier alpha value is -2.71. The van der Waals surface area contributed by atoms with Crippen molar-refractivity contribution in [1.82, 2.24) is 13.9 Å². The third-order valence-corrected chi connectivity index (χ3v) is 8.12. The van der Waals surface area contributed by atoms with Gasteiger partial charge in [-0.1, -0.05) is 12.1 Å². The van der Waals surface area contributed by atoms with E-state index in [0.717, 1.165) is 35.3 Å². The van der Waals surface area contributed by atoms with Gasteiger partial charge in [0.05, 0.1) is 22.0 Å². The minimum absolute atomic E-state index is 0.0321. The molecule has 31 heavy (non-hydrogen) atoms. The topological polar surface area (TPSA) is 84.3 Å². The highest BCUT2D eigenvalue weighted by atomic mass is 32.2. The van der Waals surface area contributed by atoms with Gasteiger partial charge in [-0.2, -0.15) is 4.31 Å². The van der Waals surface area contributed by atoms with E-state index < -0.39 is 10.0 Å². The van der Waals surface area contributed by atoms with Gasteiger partial charge in [-0.05, 0) is 69.0 Å². The highest BCUT2D eigenvalue weighted by Gasteiger charge is 2.39. The Kier molecular flexibility index (Phi) is 4.86. The number of amides is 1. The van der Waals surface area contributed by atoms with E-state index in [1.807, 2.05) is 24.3 Å². The summed E-state index contributed by atoms with van der Waals surface area (Å²) in [5, 5.41) is 2.82. The largest absolute Gasteiger partial charge is 0.326 e. The molecule has 3 heterocycles. The fraction of sp³-hybridized carbons (Fsp3) is 0.391. The number of aromatic nitrogens is 2. The Labute approximate surface area is 182 Å². The number of sulfonamides is 1. The van der Waals surface area contributed by atoms with Crippen molar-refractivity contribution in [2.24, 2.45) is 0 Å². The standard InChI is InChI=1S/C23H26N4O3S/c1-15(2)27-20-7-4-3-6-19(20)25-23(27)21-8-5-13-26(21)31(29,30)17-10-11-18-16(14-17)9-12-22(28)24-18/h3-4,6-7,10-11,14-15,21H,5,8-9,12-13H2,1-2H3,(H,24,28). The lowest BCUT2D eigenvalue weighted by atomic mass is 10.0. The Morgan fingerprint density at radius 1 is 1.13 bits per heavy atom. The first-order valence-electron chi connectivity index (χ1n) is 10.8. The summed E-state index contributed by atoms with van der Waals surface area (Å²) in [5.41, 5.74) is 3.49. The van der Waals surface area contributed by atoms with Gasteiger partial charge in [-0.15, -0.1) is 0 Å². The lowest BCUT2D eigenvalue weighted by Gasteiger charge is -2.26. The molecule has 1 fully saturated rings. The number of benzene rings is 2. The van der Waals surface area contributed by atoms with Crippen LogP contribution in [0, 0.1) is 0 Å². The summed E-state index contributed by atoms with van der Waals surface area (Å²) in [6.07, 6.45) is 2.47. The fourth-order valence-electron chi connectivity index (χ4n) is 4.78. The van der Waals surface area contributed by atoms with E-state index in [1.54, 1.807) is 22.5 Å². The fourth-order valence-corrected chi connectivity index (χ4v) is 6.49. The van der Waals surface area contributed by atoms with Crippen molar-refractivity contribution in [2.75, 3.05) is 11.9 Å². The lowest BCUT2D eigenvalue weighted by Crippen LogP contribution is -2.32. The molecule has 8 heteroatoms. The molecule has 1 N–H and O–H groups in total. The molecule has 0 spiro atoms. The average molecular weight is 439 g/mol. The number of carbonyl (C=O) groups is 1. The van der Waals surface area contributed by atoms with E-state index >= 15 is 0 Å². The molecule has 5 rings (SSSR count). The number of hydrogen-bond acceptors (Lipinski definition) is 4.